The van der Waals surface area contributed by atoms with Gasteiger partial charge < -0.3 is 19.8 Å². The summed E-state index contributed by atoms with van der Waals surface area (Å²) >= 11 is 0. The van der Waals surface area contributed by atoms with Crippen LogP contribution < -0.4 is 15.4 Å². The maximum Gasteiger partial charge on any atom is 0.228 e. The minimum Gasteiger partial charge on any atom is -0.493 e. The van der Waals surface area contributed by atoms with Gasteiger partial charge in [0, 0.05) is 0 Å². The average molecular weight is 337 g/mol. The van der Waals surface area contributed by atoms with Crippen molar-refractivity contribution >= 4 is 17.4 Å². The molecule has 6 nitrogen and oxygen atoms in total. The van der Waals surface area contributed by atoms with Crippen molar-refractivity contribution in [3.05, 3.63) is 72.8 Å². The van der Waals surface area contributed by atoms with E-state index < -0.39 is 0 Å². The van der Waals surface area contributed by atoms with E-state index in [0.717, 1.165) is 17.2 Å². The summed E-state index contributed by atoms with van der Waals surface area (Å²) in [5.41, 5.74) is 0.849. The molecule has 0 bridgehead atoms. The lowest BCUT2D eigenvalue weighted by atomic mass is 10.3. The molecule has 0 aliphatic carbocycles. The summed E-state index contributed by atoms with van der Waals surface area (Å²) in [5, 5.41) is 5.94. The van der Waals surface area contributed by atoms with Crippen LogP contribution in [0.25, 0.3) is 0 Å². The lowest BCUT2D eigenvalue weighted by molar-refractivity contribution is -0.116. The predicted molar refractivity (Wildman–Crippen MR) is 95.5 cm³/mol. The standard InChI is InChI=1S/C19H19N3O3/c23-19(10-12-25-16-5-2-1-3-6-16)22-18-9-8-15(13-21-18)20-14-17-7-4-11-24-17/h1-9,11,13,20H,10,12,14H2,(H,21,22,23). The molecule has 25 heavy (non-hydrogen) atoms. The third-order valence-electron chi connectivity index (χ3n) is 3.42. The van der Waals surface area contributed by atoms with E-state index >= 15 is 0 Å². The Morgan fingerprint density at radius 3 is 2.68 bits per heavy atom. The van der Waals surface area contributed by atoms with E-state index in [4.69, 9.17) is 9.15 Å². The van der Waals surface area contributed by atoms with E-state index in [0.29, 0.717) is 19.0 Å². The first-order chi connectivity index (χ1) is 12.3. The van der Waals surface area contributed by atoms with E-state index in [2.05, 4.69) is 15.6 Å². The van der Waals surface area contributed by atoms with Crippen LogP contribution in [0, 0.1) is 0 Å². The summed E-state index contributed by atoms with van der Waals surface area (Å²) in [6, 6.07) is 16.7. The number of carbonyl (C=O) groups is 1. The summed E-state index contributed by atoms with van der Waals surface area (Å²) in [5.74, 6) is 1.96. The van der Waals surface area contributed by atoms with Gasteiger partial charge in [0.05, 0.1) is 37.7 Å². The summed E-state index contributed by atoms with van der Waals surface area (Å²) in [6.07, 6.45) is 3.56. The Morgan fingerprint density at radius 1 is 1.08 bits per heavy atom. The fourth-order valence-corrected chi connectivity index (χ4v) is 2.16. The van der Waals surface area contributed by atoms with Gasteiger partial charge in [0.1, 0.15) is 17.3 Å². The molecule has 0 aliphatic rings. The van der Waals surface area contributed by atoms with Crippen LogP contribution in [0.4, 0.5) is 11.5 Å². The lowest BCUT2D eigenvalue weighted by Crippen LogP contribution is -2.16. The average Bonchev–Trinajstić information content (AvgIpc) is 3.16. The van der Waals surface area contributed by atoms with Crippen molar-refractivity contribution in [2.45, 2.75) is 13.0 Å². The molecule has 0 radical (unpaired) electrons. The number of rotatable bonds is 8. The second-order valence-electron chi connectivity index (χ2n) is 5.32. The van der Waals surface area contributed by atoms with Crippen LogP contribution >= 0.6 is 0 Å². The Kier molecular flexibility index (Phi) is 5.66. The van der Waals surface area contributed by atoms with E-state index in [9.17, 15) is 4.79 Å². The minimum atomic E-state index is -0.139. The van der Waals surface area contributed by atoms with Crippen LogP contribution in [-0.2, 0) is 11.3 Å². The Bertz CT molecular complexity index is 771. The molecule has 2 N–H and O–H groups in total. The Balaban J connectivity index is 1.40. The summed E-state index contributed by atoms with van der Waals surface area (Å²) in [6.45, 7) is 0.899. The minimum absolute atomic E-state index is 0.139. The van der Waals surface area contributed by atoms with Gasteiger partial charge in [-0.25, -0.2) is 4.98 Å². The number of carbonyl (C=O) groups excluding carboxylic acids is 1. The molecule has 0 aliphatic heterocycles. The molecule has 2 aromatic heterocycles. The molecule has 0 atom stereocenters. The number of anilines is 2. The van der Waals surface area contributed by atoms with E-state index in [-0.39, 0.29) is 12.3 Å². The SMILES string of the molecule is O=C(CCOc1ccccc1)Nc1ccc(NCc2ccco2)cn1. The molecule has 3 rings (SSSR count). The fourth-order valence-electron chi connectivity index (χ4n) is 2.16. The molecule has 0 unspecified atom stereocenters. The van der Waals surface area contributed by atoms with Crippen molar-refractivity contribution in [1.29, 1.82) is 0 Å². The van der Waals surface area contributed by atoms with Crippen LogP contribution in [0.1, 0.15) is 12.2 Å². The number of furan rings is 1. The zero-order valence-corrected chi connectivity index (χ0v) is 13.6. The third kappa shape index (κ3) is 5.39. The first-order valence-electron chi connectivity index (χ1n) is 7.99. The van der Waals surface area contributed by atoms with Gasteiger partial charge in [-0.1, -0.05) is 18.2 Å². The second-order valence-corrected chi connectivity index (χ2v) is 5.32. The van der Waals surface area contributed by atoms with E-state index in [1.807, 2.05) is 48.5 Å². The Morgan fingerprint density at radius 2 is 1.96 bits per heavy atom. The van der Waals surface area contributed by atoms with Gasteiger partial charge in [0.2, 0.25) is 5.91 Å². The highest BCUT2D eigenvalue weighted by molar-refractivity contribution is 5.89. The first-order valence-corrected chi connectivity index (χ1v) is 7.99. The van der Waals surface area contributed by atoms with Crippen LogP contribution in [0.5, 0.6) is 5.75 Å². The third-order valence-corrected chi connectivity index (χ3v) is 3.42. The van der Waals surface area contributed by atoms with Gasteiger partial charge >= 0.3 is 0 Å². The molecule has 1 amide bonds. The van der Waals surface area contributed by atoms with Crippen molar-refractivity contribution < 1.29 is 13.9 Å². The Hall–Kier alpha value is -3.28. The number of benzene rings is 1. The topological polar surface area (TPSA) is 76.4 Å². The number of aromatic nitrogens is 1. The molecule has 0 spiro atoms. The number of nitrogens with zero attached hydrogens (tertiary/aromatic N) is 1. The molecule has 0 saturated heterocycles. The quantitative estimate of drug-likeness (QED) is 0.655. The highest BCUT2D eigenvalue weighted by atomic mass is 16.5. The van der Waals surface area contributed by atoms with Crippen LogP contribution in [-0.4, -0.2) is 17.5 Å². The summed E-state index contributed by atoms with van der Waals surface area (Å²) in [4.78, 5) is 16.1. The maximum absolute atomic E-state index is 11.9. The van der Waals surface area contributed by atoms with E-state index in [1.165, 1.54) is 0 Å². The Labute approximate surface area is 145 Å². The van der Waals surface area contributed by atoms with E-state index in [1.54, 1.807) is 18.5 Å². The monoisotopic (exact) mass is 337 g/mol. The number of hydrogen-bond acceptors (Lipinski definition) is 5. The number of ether oxygens (including phenoxy) is 1. The zero-order chi connectivity index (χ0) is 17.3. The molecule has 3 aromatic rings. The highest BCUT2D eigenvalue weighted by Crippen LogP contribution is 2.12. The predicted octanol–water partition coefficient (Wildman–Crippen LogP) is 3.69. The van der Waals surface area contributed by atoms with Gasteiger partial charge in [0.15, 0.2) is 0 Å². The largest absolute Gasteiger partial charge is 0.493 e. The van der Waals surface area contributed by atoms with Crippen LogP contribution in [0.2, 0.25) is 0 Å². The molecular weight excluding hydrogens is 318 g/mol. The highest BCUT2D eigenvalue weighted by Gasteiger charge is 2.04. The number of hydrogen-bond donors (Lipinski definition) is 2. The first kappa shape index (κ1) is 16.6. The molecule has 1 aromatic carbocycles. The molecule has 2 heterocycles. The molecule has 128 valence electrons. The van der Waals surface area contributed by atoms with Crippen molar-refractivity contribution in [3.63, 3.8) is 0 Å². The number of pyridine rings is 1. The van der Waals surface area contributed by atoms with Gasteiger partial charge in [0.25, 0.3) is 0 Å². The molecule has 0 fully saturated rings. The summed E-state index contributed by atoms with van der Waals surface area (Å²) < 4.78 is 10.7. The fraction of sp³-hybridized carbons (Fsp3) is 0.158. The van der Waals surface area contributed by atoms with Crippen molar-refractivity contribution in [1.82, 2.24) is 4.98 Å². The normalized spacial score (nSPS) is 10.2. The maximum atomic E-state index is 11.9. The van der Waals surface area contributed by atoms with Crippen molar-refractivity contribution in [2.75, 3.05) is 17.2 Å². The van der Waals surface area contributed by atoms with Crippen LogP contribution in [0.3, 0.4) is 0 Å². The van der Waals surface area contributed by atoms with Crippen LogP contribution in [0.15, 0.2) is 71.5 Å². The second kappa shape index (κ2) is 8.54. The van der Waals surface area contributed by atoms with Gasteiger partial charge in [-0.2, -0.15) is 0 Å². The summed E-state index contributed by atoms with van der Waals surface area (Å²) in [7, 11) is 0. The molecular formula is C19H19N3O3. The molecule has 6 heteroatoms. The van der Waals surface area contributed by atoms with Gasteiger partial charge in [-0.05, 0) is 36.4 Å². The molecule has 0 saturated carbocycles. The van der Waals surface area contributed by atoms with Gasteiger partial charge in [-0.15, -0.1) is 0 Å². The van der Waals surface area contributed by atoms with Crippen molar-refractivity contribution in [2.24, 2.45) is 0 Å². The van der Waals surface area contributed by atoms with Gasteiger partial charge in [-0.3, -0.25) is 4.79 Å². The number of nitrogens with one attached hydrogen (secondary N) is 2. The smallest absolute Gasteiger partial charge is 0.228 e. The number of para-hydroxylation sites is 1. The zero-order valence-electron chi connectivity index (χ0n) is 13.6. The lowest BCUT2D eigenvalue weighted by Gasteiger charge is -2.08. The van der Waals surface area contributed by atoms with Crippen molar-refractivity contribution in [3.8, 4) is 5.75 Å². The number of amides is 1.